The van der Waals surface area contributed by atoms with Crippen LogP contribution in [0.2, 0.25) is 0 Å². The van der Waals surface area contributed by atoms with Gasteiger partial charge in [0.05, 0.1) is 6.10 Å². The summed E-state index contributed by atoms with van der Waals surface area (Å²) in [6.45, 7) is 8.90. The van der Waals surface area contributed by atoms with Crippen LogP contribution in [0.15, 0.2) is 0 Å². The van der Waals surface area contributed by atoms with E-state index in [4.69, 9.17) is 0 Å². The summed E-state index contributed by atoms with van der Waals surface area (Å²) in [5, 5.41) is 10.3. The van der Waals surface area contributed by atoms with Gasteiger partial charge in [-0.25, -0.2) is 0 Å². The van der Waals surface area contributed by atoms with E-state index in [1.165, 1.54) is 0 Å². The summed E-state index contributed by atoms with van der Waals surface area (Å²) >= 11 is 3.31. The highest BCUT2D eigenvalue weighted by molar-refractivity contribution is 9.09. The Morgan fingerprint density at radius 3 is 1.73 bits per heavy atom. The first kappa shape index (κ1) is 9.53. The first-order chi connectivity index (χ1) is 4.85. The van der Waals surface area contributed by atoms with Gasteiger partial charge in [-0.1, -0.05) is 43.6 Å². The van der Waals surface area contributed by atoms with Gasteiger partial charge < -0.3 is 5.11 Å². The number of hydrogen-bond acceptors (Lipinski definition) is 1. The zero-order valence-corrected chi connectivity index (χ0v) is 9.27. The molecule has 0 aromatic heterocycles. The fraction of sp³-hybridized carbons (Fsp3) is 1.00. The molecule has 1 unspecified atom stereocenters. The van der Waals surface area contributed by atoms with Gasteiger partial charge in [-0.15, -0.1) is 0 Å². The second-order valence-corrected chi connectivity index (χ2v) is 5.29. The summed E-state index contributed by atoms with van der Waals surface area (Å²) in [6.07, 6.45) is -0.181. The molecule has 0 heterocycles. The molecule has 1 atom stereocenters. The number of rotatable bonds is 2. The second-order valence-electron chi connectivity index (χ2n) is 4.64. The molecular formula is C9H17BrO. The zero-order valence-electron chi connectivity index (χ0n) is 7.69. The summed E-state index contributed by atoms with van der Waals surface area (Å²) in [5.41, 5.74) is 0.611. The standard InChI is InChI=1S/C9H17BrO/c1-8(2)7(6(11)5-10)9(8,3)4/h6-7,11H,5H2,1-4H3. The van der Waals surface area contributed by atoms with Crippen molar-refractivity contribution < 1.29 is 5.11 Å². The Morgan fingerprint density at radius 1 is 1.27 bits per heavy atom. The first-order valence-electron chi connectivity index (χ1n) is 4.09. The summed E-state index contributed by atoms with van der Waals surface area (Å²) in [5.74, 6) is 0.453. The Hall–Kier alpha value is 0.440. The maximum absolute atomic E-state index is 9.62. The molecule has 1 saturated carbocycles. The van der Waals surface area contributed by atoms with Crippen LogP contribution >= 0.6 is 15.9 Å². The summed E-state index contributed by atoms with van der Waals surface area (Å²) in [4.78, 5) is 0. The molecule has 0 amide bonds. The highest BCUT2D eigenvalue weighted by atomic mass is 79.9. The molecule has 0 radical (unpaired) electrons. The van der Waals surface area contributed by atoms with Gasteiger partial charge in [0.2, 0.25) is 0 Å². The van der Waals surface area contributed by atoms with E-state index in [2.05, 4.69) is 43.6 Å². The fourth-order valence-corrected chi connectivity index (χ4v) is 2.67. The van der Waals surface area contributed by atoms with E-state index in [1.54, 1.807) is 0 Å². The monoisotopic (exact) mass is 220 g/mol. The Labute approximate surface area is 77.3 Å². The first-order valence-corrected chi connectivity index (χ1v) is 5.22. The predicted octanol–water partition coefficient (Wildman–Crippen LogP) is 2.42. The minimum absolute atomic E-state index is 0.181. The molecule has 11 heavy (non-hydrogen) atoms. The number of alkyl halides is 1. The SMILES string of the molecule is CC1(C)C(C(O)CBr)C1(C)C. The van der Waals surface area contributed by atoms with E-state index >= 15 is 0 Å². The molecule has 1 rings (SSSR count). The van der Waals surface area contributed by atoms with Crippen LogP contribution < -0.4 is 0 Å². The van der Waals surface area contributed by atoms with Gasteiger partial charge in [-0.2, -0.15) is 0 Å². The predicted molar refractivity (Wildman–Crippen MR) is 50.9 cm³/mol. The van der Waals surface area contributed by atoms with Crippen molar-refractivity contribution in [3.63, 3.8) is 0 Å². The maximum Gasteiger partial charge on any atom is 0.0675 e. The lowest BCUT2D eigenvalue weighted by Gasteiger charge is -2.07. The Bertz CT molecular complexity index is 149. The van der Waals surface area contributed by atoms with Gasteiger partial charge in [-0.05, 0) is 16.7 Å². The van der Waals surface area contributed by atoms with Gasteiger partial charge in [0.15, 0.2) is 0 Å². The van der Waals surface area contributed by atoms with Crippen LogP contribution in [-0.4, -0.2) is 16.5 Å². The average molecular weight is 221 g/mol. The van der Waals surface area contributed by atoms with E-state index in [-0.39, 0.29) is 6.10 Å². The molecular weight excluding hydrogens is 204 g/mol. The summed E-state index contributed by atoms with van der Waals surface area (Å²) in [6, 6.07) is 0. The molecule has 0 saturated heterocycles. The molecule has 1 fully saturated rings. The minimum Gasteiger partial charge on any atom is -0.392 e. The Balaban J connectivity index is 2.67. The average Bonchev–Trinajstić information content (AvgIpc) is 2.24. The lowest BCUT2D eigenvalue weighted by atomic mass is 10.0. The van der Waals surface area contributed by atoms with Gasteiger partial charge >= 0.3 is 0 Å². The molecule has 1 aliphatic rings. The molecule has 0 aromatic carbocycles. The summed E-state index contributed by atoms with van der Waals surface area (Å²) in [7, 11) is 0. The number of hydrogen-bond donors (Lipinski definition) is 1. The number of halogens is 1. The van der Waals surface area contributed by atoms with Crippen molar-refractivity contribution in [1.82, 2.24) is 0 Å². The van der Waals surface area contributed by atoms with Crippen molar-refractivity contribution in [1.29, 1.82) is 0 Å². The van der Waals surface area contributed by atoms with E-state index in [0.29, 0.717) is 22.1 Å². The van der Waals surface area contributed by atoms with Crippen molar-refractivity contribution in [2.24, 2.45) is 16.7 Å². The van der Waals surface area contributed by atoms with Crippen molar-refractivity contribution in [2.45, 2.75) is 33.8 Å². The third-order valence-corrected chi connectivity index (χ3v) is 4.34. The van der Waals surface area contributed by atoms with Crippen molar-refractivity contribution in [3.8, 4) is 0 Å². The molecule has 1 aliphatic carbocycles. The van der Waals surface area contributed by atoms with Crippen LogP contribution in [0.4, 0.5) is 0 Å². The third-order valence-electron chi connectivity index (χ3n) is 3.68. The topological polar surface area (TPSA) is 20.2 Å². The second kappa shape index (κ2) is 2.46. The van der Waals surface area contributed by atoms with Gasteiger partial charge in [0, 0.05) is 5.33 Å². The molecule has 0 aromatic rings. The van der Waals surface area contributed by atoms with Crippen LogP contribution in [0.5, 0.6) is 0 Å². The molecule has 1 nitrogen and oxygen atoms in total. The van der Waals surface area contributed by atoms with Gasteiger partial charge in [-0.3, -0.25) is 0 Å². The molecule has 0 spiro atoms. The summed E-state index contributed by atoms with van der Waals surface area (Å²) < 4.78 is 0. The molecule has 0 bridgehead atoms. The quantitative estimate of drug-likeness (QED) is 0.710. The van der Waals surface area contributed by atoms with E-state index in [1.807, 2.05) is 0 Å². The van der Waals surface area contributed by atoms with Crippen LogP contribution in [-0.2, 0) is 0 Å². The van der Waals surface area contributed by atoms with Crippen molar-refractivity contribution in [3.05, 3.63) is 0 Å². The van der Waals surface area contributed by atoms with Crippen molar-refractivity contribution in [2.75, 3.05) is 5.33 Å². The Kier molecular flexibility index (Phi) is 2.13. The molecule has 2 heteroatoms. The minimum atomic E-state index is -0.181. The van der Waals surface area contributed by atoms with Crippen LogP contribution in [0.1, 0.15) is 27.7 Å². The fourth-order valence-electron chi connectivity index (χ4n) is 2.30. The highest BCUT2D eigenvalue weighted by Gasteiger charge is 2.66. The van der Waals surface area contributed by atoms with E-state index < -0.39 is 0 Å². The lowest BCUT2D eigenvalue weighted by Crippen LogP contribution is -2.15. The van der Waals surface area contributed by atoms with Crippen LogP contribution in [0, 0.1) is 16.7 Å². The largest absolute Gasteiger partial charge is 0.392 e. The van der Waals surface area contributed by atoms with Crippen LogP contribution in [0.3, 0.4) is 0 Å². The normalized spacial score (nSPS) is 30.0. The van der Waals surface area contributed by atoms with Gasteiger partial charge in [0.25, 0.3) is 0 Å². The van der Waals surface area contributed by atoms with Crippen LogP contribution in [0.25, 0.3) is 0 Å². The van der Waals surface area contributed by atoms with E-state index in [9.17, 15) is 5.11 Å². The van der Waals surface area contributed by atoms with E-state index in [0.717, 1.165) is 0 Å². The smallest absolute Gasteiger partial charge is 0.0675 e. The zero-order chi connectivity index (χ0) is 8.86. The molecule has 0 aliphatic heterocycles. The maximum atomic E-state index is 9.62. The van der Waals surface area contributed by atoms with Crippen molar-refractivity contribution >= 4 is 15.9 Å². The molecule has 1 N–H and O–H groups in total. The van der Waals surface area contributed by atoms with Gasteiger partial charge in [0.1, 0.15) is 0 Å². The molecule has 66 valence electrons. The number of aliphatic hydroxyl groups is 1. The highest BCUT2D eigenvalue weighted by Crippen LogP contribution is 2.69. The lowest BCUT2D eigenvalue weighted by molar-refractivity contribution is 0.154. The Morgan fingerprint density at radius 2 is 1.64 bits per heavy atom. The number of aliphatic hydroxyl groups excluding tert-OH is 1. The third kappa shape index (κ3) is 1.15.